The van der Waals surface area contributed by atoms with Gasteiger partial charge in [-0.1, -0.05) is 43.7 Å². The Labute approximate surface area is 143 Å². The molecule has 0 bridgehead atoms. The molecule has 0 unspecified atom stereocenters. The summed E-state index contributed by atoms with van der Waals surface area (Å²) in [6.45, 7) is 4.01. The first-order valence-electron chi connectivity index (χ1n) is 7.98. The minimum atomic E-state index is -0.243. The molecule has 0 saturated heterocycles. The smallest absolute Gasteiger partial charge is 0.273 e. The number of nitrogens with one attached hydrogen (secondary N) is 1. The summed E-state index contributed by atoms with van der Waals surface area (Å²) in [7, 11) is 0. The molecule has 0 aliphatic carbocycles. The summed E-state index contributed by atoms with van der Waals surface area (Å²) < 4.78 is 1.19. The zero-order chi connectivity index (χ0) is 17.1. The summed E-state index contributed by atoms with van der Waals surface area (Å²) >= 11 is 1.49. The highest BCUT2D eigenvalue weighted by Gasteiger charge is 2.17. The van der Waals surface area contributed by atoms with Crippen LogP contribution in [-0.4, -0.2) is 15.6 Å². The standard InChI is InChI=1S/C18H19N3O2S/c1-3-4-10-14(22)20-21-11-19-17-16(18(21)23)15(12(2)24-17)13-8-6-5-7-9-13/h5-9,11H,3-4,10H2,1-2H3,(H,20,22). The fraction of sp³-hybridized carbons (Fsp3) is 0.278. The Kier molecular flexibility index (Phi) is 4.76. The first-order chi connectivity index (χ1) is 11.6. The van der Waals surface area contributed by atoms with Gasteiger partial charge in [0.2, 0.25) is 5.91 Å². The van der Waals surface area contributed by atoms with Crippen LogP contribution in [-0.2, 0) is 4.79 Å². The van der Waals surface area contributed by atoms with Crippen LogP contribution < -0.4 is 11.0 Å². The molecule has 1 N–H and O–H groups in total. The average molecular weight is 341 g/mol. The van der Waals surface area contributed by atoms with Gasteiger partial charge in [-0.25, -0.2) is 9.66 Å². The summed E-state index contributed by atoms with van der Waals surface area (Å²) in [4.78, 5) is 30.9. The van der Waals surface area contributed by atoms with Gasteiger partial charge in [0.05, 0.1) is 5.39 Å². The van der Waals surface area contributed by atoms with Gasteiger partial charge in [-0.15, -0.1) is 11.3 Å². The number of thiophene rings is 1. The molecule has 0 spiro atoms. The lowest BCUT2D eigenvalue weighted by molar-refractivity contribution is -0.117. The maximum Gasteiger partial charge on any atom is 0.281 e. The Balaban J connectivity index is 2.08. The van der Waals surface area contributed by atoms with E-state index < -0.39 is 0 Å². The van der Waals surface area contributed by atoms with Crippen molar-refractivity contribution < 1.29 is 4.79 Å². The molecular formula is C18H19N3O2S. The number of amides is 1. The lowest BCUT2D eigenvalue weighted by atomic mass is 10.0. The molecular weight excluding hydrogens is 322 g/mol. The normalized spacial score (nSPS) is 10.9. The number of aryl methyl sites for hydroxylation is 1. The van der Waals surface area contributed by atoms with E-state index in [0.29, 0.717) is 16.6 Å². The third-order valence-corrected chi connectivity index (χ3v) is 4.87. The van der Waals surface area contributed by atoms with Crippen molar-refractivity contribution >= 4 is 27.5 Å². The molecule has 0 saturated carbocycles. The molecule has 0 fully saturated rings. The van der Waals surface area contributed by atoms with Crippen LogP contribution in [0.4, 0.5) is 0 Å². The zero-order valence-corrected chi connectivity index (χ0v) is 14.5. The number of fused-ring (bicyclic) bond motifs is 1. The third-order valence-electron chi connectivity index (χ3n) is 3.85. The fourth-order valence-corrected chi connectivity index (χ4v) is 3.67. The molecule has 5 nitrogen and oxygen atoms in total. The van der Waals surface area contributed by atoms with Crippen molar-refractivity contribution in [3.63, 3.8) is 0 Å². The van der Waals surface area contributed by atoms with Gasteiger partial charge in [-0.3, -0.25) is 15.0 Å². The van der Waals surface area contributed by atoms with Gasteiger partial charge >= 0.3 is 0 Å². The number of unbranched alkanes of at least 4 members (excludes halogenated alkanes) is 1. The lowest BCUT2D eigenvalue weighted by Crippen LogP contribution is -2.33. The minimum absolute atomic E-state index is 0.173. The summed E-state index contributed by atoms with van der Waals surface area (Å²) in [5.74, 6) is -0.173. The largest absolute Gasteiger partial charge is 0.281 e. The first kappa shape index (κ1) is 16.4. The van der Waals surface area contributed by atoms with Crippen LogP contribution in [0.2, 0.25) is 0 Å². The Morgan fingerprint density at radius 1 is 1.29 bits per heavy atom. The summed E-state index contributed by atoms with van der Waals surface area (Å²) in [6.07, 6.45) is 3.51. The van der Waals surface area contributed by atoms with E-state index in [0.717, 1.165) is 28.8 Å². The number of hydrogen-bond donors (Lipinski definition) is 1. The highest BCUT2D eigenvalue weighted by Crippen LogP contribution is 2.35. The second kappa shape index (κ2) is 6.97. The molecule has 0 radical (unpaired) electrons. The highest BCUT2D eigenvalue weighted by atomic mass is 32.1. The maximum atomic E-state index is 12.9. The average Bonchev–Trinajstić information content (AvgIpc) is 2.93. The first-order valence-corrected chi connectivity index (χ1v) is 8.79. The van der Waals surface area contributed by atoms with Crippen LogP contribution in [0.25, 0.3) is 21.3 Å². The Morgan fingerprint density at radius 2 is 2.04 bits per heavy atom. The topological polar surface area (TPSA) is 64.0 Å². The molecule has 1 aromatic carbocycles. The van der Waals surface area contributed by atoms with Crippen molar-refractivity contribution in [2.75, 3.05) is 5.43 Å². The van der Waals surface area contributed by atoms with Crippen LogP contribution in [0.15, 0.2) is 41.5 Å². The second-order valence-corrected chi connectivity index (χ2v) is 6.84. The van der Waals surface area contributed by atoms with Gasteiger partial charge in [0.1, 0.15) is 11.2 Å². The molecule has 0 aliphatic heterocycles. The van der Waals surface area contributed by atoms with E-state index in [1.807, 2.05) is 44.2 Å². The Hall–Kier alpha value is -2.47. The molecule has 2 heterocycles. The number of carbonyl (C=O) groups excluding carboxylic acids is 1. The zero-order valence-electron chi connectivity index (χ0n) is 13.7. The van der Waals surface area contributed by atoms with Crippen LogP contribution in [0.1, 0.15) is 31.1 Å². The molecule has 3 rings (SSSR count). The van der Waals surface area contributed by atoms with Crippen LogP contribution in [0.5, 0.6) is 0 Å². The number of rotatable bonds is 5. The van der Waals surface area contributed by atoms with Gasteiger partial charge in [-0.05, 0) is 18.9 Å². The predicted octanol–water partition coefficient (Wildman–Crippen LogP) is 3.69. The van der Waals surface area contributed by atoms with E-state index in [1.54, 1.807) is 0 Å². The second-order valence-electron chi connectivity index (χ2n) is 5.64. The lowest BCUT2D eigenvalue weighted by Gasteiger charge is -2.08. The van der Waals surface area contributed by atoms with Gasteiger partial charge < -0.3 is 0 Å². The van der Waals surface area contributed by atoms with Gasteiger partial charge in [0.15, 0.2) is 0 Å². The van der Waals surface area contributed by atoms with Gasteiger partial charge in [0, 0.05) is 16.9 Å². The number of hydrogen-bond acceptors (Lipinski definition) is 4. The summed E-state index contributed by atoms with van der Waals surface area (Å²) in [5, 5.41) is 0.557. The van der Waals surface area contributed by atoms with Crippen LogP contribution >= 0.6 is 11.3 Å². The fourth-order valence-electron chi connectivity index (χ4n) is 2.66. The minimum Gasteiger partial charge on any atom is -0.273 e. The van der Waals surface area contributed by atoms with Crippen molar-refractivity contribution in [2.24, 2.45) is 0 Å². The Bertz CT molecular complexity index is 929. The summed E-state index contributed by atoms with van der Waals surface area (Å²) in [6, 6.07) is 9.79. The highest BCUT2D eigenvalue weighted by molar-refractivity contribution is 7.19. The molecule has 2 aromatic heterocycles. The third kappa shape index (κ3) is 3.10. The van der Waals surface area contributed by atoms with Gasteiger partial charge in [-0.2, -0.15) is 0 Å². The van der Waals surface area contributed by atoms with E-state index in [4.69, 9.17) is 0 Å². The monoisotopic (exact) mass is 341 g/mol. The van der Waals surface area contributed by atoms with E-state index in [9.17, 15) is 9.59 Å². The molecule has 24 heavy (non-hydrogen) atoms. The molecule has 124 valence electrons. The van der Waals surface area contributed by atoms with Crippen molar-refractivity contribution in [3.8, 4) is 11.1 Å². The van der Waals surface area contributed by atoms with Crippen molar-refractivity contribution in [3.05, 3.63) is 51.9 Å². The summed E-state index contributed by atoms with van der Waals surface area (Å²) in [5.41, 5.74) is 4.27. The van der Waals surface area contributed by atoms with Crippen molar-refractivity contribution in [2.45, 2.75) is 33.1 Å². The van der Waals surface area contributed by atoms with Gasteiger partial charge in [0.25, 0.3) is 5.56 Å². The van der Waals surface area contributed by atoms with E-state index >= 15 is 0 Å². The Morgan fingerprint density at radius 3 is 2.75 bits per heavy atom. The predicted molar refractivity (Wildman–Crippen MR) is 97.9 cm³/mol. The van der Waals surface area contributed by atoms with Crippen molar-refractivity contribution in [1.29, 1.82) is 0 Å². The number of benzene rings is 1. The maximum absolute atomic E-state index is 12.9. The molecule has 0 atom stereocenters. The van der Waals surface area contributed by atoms with E-state index in [1.165, 1.54) is 22.3 Å². The van der Waals surface area contributed by atoms with Crippen LogP contribution in [0, 0.1) is 6.92 Å². The van der Waals surface area contributed by atoms with E-state index in [2.05, 4.69) is 10.4 Å². The van der Waals surface area contributed by atoms with Crippen molar-refractivity contribution in [1.82, 2.24) is 9.66 Å². The molecule has 1 amide bonds. The number of carbonyl (C=O) groups is 1. The van der Waals surface area contributed by atoms with E-state index in [-0.39, 0.29) is 11.5 Å². The van der Waals surface area contributed by atoms with Crippen LogP contribution in [0.3, 0.4) is 0 Å². The SMILES string of the molecule is CCCCC(=O)Nn1cnc2sc(C)c(-c3ccccc3)c2c1=O. The molecule has 0 aliphatic rings. The number of aromatic nitrogens is 2. The quantitative estimate of drug-likeness (QED) is 0.770. The molecule has 6 heteroatoms. The molecule has 3 aromatic rings. The number of nitrogens with zero attached hydrogens (tertiary/aromatic N) is 2.